The lowest BCUT2D eigenvalue weighted by Gasteiger charge is -2.02. The van der Waals surface area contributed by atoms with Crippen LogP contribution in [0.5, 0.6) is 0 Å². The van der Waals surface area contributed by atoms with Crippen molar-refractivity contribution in [1.29, 1.82) is 0 Å². The molecule has 82 valence electrons. The number of hydrogen-bond acceptors (Lipinski definition) is 4. The van der Waals surface area contributed by atoms with Gasteiger partial charge in [0.2, 0.25) is 0 Å². The molecule has 0 amide bonds. The molecule has 14 heavy (non-hydrogen) atoms. The average Bonchev–Trinajstić information content (AvgIpc) is 2.00. The zero-order valence-electron chi connectivity index (χ0n) is 7.80. The van der Waals surface area contributed by atoms with Crippen LogP contribution in [-0.2, 0) is 18.9 Å². The van der Waals surface area contributed by atoms with E-state index in [-0.39, 0.29) is 19.3 Å². The van der Waals surface area contributed by atoms with Crippen LogP contribution in [0, 0.1) is 0 Å². The van der Waals surface area contributed by atoms with E-state index < -0.39 is 25.5 Å². The fraction of sp³-hybridized carbons (Fsp3) is 0.714. The van der Waals surface area contributed by atoms with E-state index >= 15 is 0 Å². The third-order valence-electron chi connectivity index (χ3n) is 1.45. The minimum absolute atomic E-state index is 0.0137. The maximum atomic E-state index is 10.9. The predicted molar refractivity (Wildman–Crippen MR) is 47.8 cm³/mol. The van der Waals surface area contributed by atoms with Gasteiger partial charge in [-0.05, 0) is 6.42 Å². The Kier molecular flexibility index (Phi) is 5.60. The number of rotatable bonds is 6. The van der Waals surface area contributed by atoms with E-state index in [4.69, 9.17) is 9.79 Å². The Hall–Kier alpha value is -0.710. The van der Waals surface area contributed by atoms with E-state index in [1.165, 1.54) is 7.11 Å². The number of ketones is 1. The predicted octanol–water partition coefficient (Wildman–Crippen LogP) is 0.0765. The largest absolute Gasteiger partial charge is 0.469 e. The van der Waals surface area contributed by atoms with Gasteiger partial charge in [-0.1, -0.05) is 0 Å². The van der Waals surface area contributed by atoms with E-state index in [9.17, 15) is 14.2 Å². The molecule has 0 saturated heterocycles. The first-order chi connectivity index (χ1) is 6.35. The smallest absolute Gasteiger partial charge is 0.332 e. The van der Waals surface area contributed by atoms with E-state index in [0.717, 1.165) is 0 Å². The molecular formula is C7H13O6P. The molecule has 0 saturated carbocycles. The van der Waals surface area contributed by atoms with Gasteiger partial charge in [-0.2, -0.15) is 0 Å². The minimum Gasteiger partial charge on any atom is -0.469 e. The van der Waals surface area contributed by atoms with Crippen molar-refractivity contribution in [3.63, 3.8) is 0 Å². The van der Waals surface area contributed by atoms with Crippen molar-refractivity contribution in [1.82, 2.24) is 0 Å². The summed E-state index contributed by atoms with van der Waals surface area (Å²) in [6.45, 7) is 0. The second-order valence-electron chi connectivity index (χ2n) is 2.79. The summed E-state index contributed by atoms with van der Waals surface area (Å²) in [5.74, 6) is -0.976. The molecule has 0 heterocycles. The average molecular weight is 224 g/mol. The summed E-state index contributed by atoms with van der Waals surface area (Å²) in [4.78, 5) is 38.4. The van der Waals surface area contributed by atoms with Crippen molar-refractivity contribution in [2.75, 3.05) is 13.3 Å². The monoisotopic (exact) mass is 224 g/mol. The van der Waals surface area contributed by atoms with E-state index in [2.05, 4.69) is 4.74 Å². The van der Waals surface area contributed by atoms with Crippen LogP contribution in [0.4, 0.5) is 0 Å². The van der Waals surface area contributed by atoms with Crippen molar-refractivity contribution in [2.24, 2.45) is 0 Å². The molecule has 7 heteroatoms. The summed E-state index contributed by atoms with van der Waals surface area (Å²) < 4.78 is 14.7. The van der Waals surface area contributed by atoms with Gasteiger partial charge in [-0.3, -0.25) is 14.2 Å². The van der Waals surface area contributed by atoms with Gasteiger partial charge in [0.15, 0.2) is 0 Å². The zero-order chi connectivity index (χ0) is 11.2. The SMILES string of the molecule is COC(=O)CCCC(=O)CP(=O)(O)O. The number of Topliss-reactive ketones (excluding diaryl/α,β-unsaturated/α-hetero) is 1. The van der Waals surface area contributed by atoms with Gasteiger partial charge in [-0.15, -0.1) is 0 Å². The molecule has 0 radical (unpaired) electrons. The van der Waals surface area contributed by atoms with Crippen LogP contribution in [0.15, 0.2) is 0 Å². The summed E-state index contributed by atoms with van der Waals surface area (Å²) in [6.07, 6.45) is -0.427. The van der Waals surface area contributed by atoms with Crippen molar-refractivity contribution >= 4 is 19.3 Å². The van der Waals surface area contributed by atoms with E-state index in [1.54, 1.807) is 0 Å². The lowest BCUT2D eigenvalue weighted by Crippen LogP contribution is -2.07. The molecule has 0 fully saturated rings. The summed E-state index contributed by atoms with van der Waals surface area (Å²) >= 11 is 0. The molecular weight excluding hydrogens is 211 g/mol. The van der Waals surface area contributed by atoms with E-state index in [1.807, 2.05) is 0 Å². The van der Waals surface area contributed by atoms with Crippen LogP contribution in [0.25, 0.3) is 0 Å². The van der Waals surface area contributed by atoms with Gasteiger partial charge in [-0.25, -0.2) is 0 Å². The molecule has 0 aliphatic rings. The molecule has 0 aromatic rings. The number of carbonyl (C=O) groups excluding carboxylic acids is 2. The summed E-state index contributed by atoms with van der Waals surface area (Å²) in [7, 11) is -3.02. The highest BCUT2D eigenvalue weighted by molar-refractivity contribution is 7.52. The molecule has 6 nitrogen and oxygen atoms in total. The molecule has 2 N–H and O–H groups in total. The van der Waals surface area contributed by atoms with Gasteiger partial charge in [0.1, 0.15) is 11.9 Å². The Bertz CT molecular complexity index is 255. The second-order valence-corrected chi connectivity index (χ2v) is 4.44. The summed E-state index contributed by atoms with van der Waals surface area (Å²) in [6, 6.07) is 0. The highest BCUT2D eigenvalue weighted by atomic mass is 31.2. The molecule has 0 aliphatic carbocycles. The third kappa shape index (κ3) is 7.91. The molecule has 0 unspecified atom stereocenters. The lowest BCUT2D eigenvalue weighted by atomic mass is 10.2. The fourth-order valence-corrected chi connectivity index (χ4v) is 1.46. The summed E-state index contributed by atoms with van der Waals surface area (Å²) in [5, 5.41) is 0. The van der Waals surface area contributed by atoms with E-state index in [0.29, 0.717) is 0 Å². The van der Waals surface area contributed by atoms with Crippen molar-refractivity contribution in [2.45, 2.75) is 19.3 Å². The van der Waals surface area contributed by atoms with Gasteiger partial charge in [0.25, 0.3) is 0 Å². The van der Waals surface area contributed by atoms with Crippen molar-refractivity contribution in [3.05, 3.63) is 0 Å². The molecule has 0 bridgehead atoms. The van der Waals surface area contributed by atoms with Gasteiger partial charge in [0.05, 0.1) is 7.11 Å². The van der Waals surface area contributed by atoms with Crippen LogP contribution < -0.4 is 0 Å². The topological polar surface area (TPSA) is 101 Å². The first-order valence-corrected chi connectivity index (χ1v) is 5.78. The third-order valence-corrected chi connectivity index (χ3v) is 2.21. The normalized spacial score (nSPS) is 11.1. The Morgan fingerprint density at radius 3 is 2.29 bits per heavy atom. The first-order valence-electron chi connectivity index (χ1n) is 3.98. The van der Waals surface area contributed by atoms with Crippen LogP contribution >= 0.6 is 7.60 Å². The van der Waals surface area contributed by atoms with Crippen LogP contribution in [0.1, 0.15) is 19.3 Å². The van der Waals surface area contributed by atoms with Crippen LogP contribution in [0.3, 0.4) is 0 Å². The molecule has 0 aliphatic heterocycles. The molecule has 0 atom stereocenters. The number of carbonyl (C=O) groups is 2. The second kappa shape index (κ2) is 5.90. The Morgan fingerprint density at radius 1 is 1.29 bits per heavy atom. The Balaban J connectivity index is 3.66. The maximum absolute atomic E-state index is 10.9. The quantitative estimate of drug-likeness (QED) is 0.489. The van der Waals surface area contributed by atoms with Crippen LogP contribution in [-0.4, -0.2) is 34.8 Å². The van der Waals surface area contributed by atoms with Gasteiger partial charge >= 0.3 is 13.6 Å². The minimum atomic E-state index is -4.26. The standard InChI is InChI=1S/C7H13O6P/c1-13-7(9)4-2-3-6(8)5-14(10,11)12/h2-5H2,1H3,(H2,10,11,12). The number of hydrogen-bond donors (Lipinski definition) is 2. The number of ether oxygens (including phenoxy) is 1. The Morgan fingerprint density at radius 2 is 1.86 bits per heavy atom. The number of methoxy groups -OCH3 is 1. The lowest BCUT2D eigenvalue weighted by molar-refractivity contribution is -0.140. The maximum Gasteiger partial charge on any atom is 0.332 e. The van der Waals surface area contributed by atoms with Crippen molar-refractivity contribution in [3.8, 4) is 0 Å². The van der Waals surface area contributed by atoms with Crippen molar-refractivity contribution < 1.29 is 28.7 Å². The first kappa shape index (κ1) is 13.3. The zero-order valence-corrected chi connectivity index (χ0v) is 8.70. The molecule has 0 spiro atoms. The molecule has 0 aromatic carbocycles. The highest BCUT2D eigenvalue weighted by Crippen LogP contribution is 2.34. The molecule has 0 rings (SSSR count). The van der Waals surface area contributed by atoms with Crippen LogP contribution in [0.2, 0.25) is 0 Å². The number of esters is 1. The fourth-order valence-electron chi connectivity index (χ4n) is 0.841. The van der Waals surface area contributed by atoms with Gasteiger partial charge in [0, 0.05) is 12.8 Å². The Labute approximate surface area is 81.4 Å². The van der Waals surface area contributed by atoms with Gasteiger partial charge < -0.3 is 14.5 Å². The summed E-state index contributed by atoms with van der Waals surface area (Å²) in [5.41, 5.74) is 0. The molecule has 0 aromatic heterocycles. The highest BCUT2D eigenvalue weighted by Gasteiger charge is 2.18.